The van der Waals surface area contributed by atoms with E-state index in [1.54, 1.807) is 13.1 Å². The van der Waals surface area contributed by atoms with Gasteiger partial charge in [-0.25, -0.2) is 0 Å². The molecular weight excluding hydrogens is 358 g/mol. The summed E-state index contributed by atoms with van der Waals surface area (Å²) in [5.41, 5.74) is 5.41. The Morgan fingerprint density at radius 1 is 1.22 bits per heavy atom. The molecule has 142 valence electrons. The molecule has 27 heavy (non-hydrogen) atoms. The number of hydrogen-bond donors (Lipinski definition) is 1. The fourth-order valence-electron chi connectivity index (χ4n) is 3.88. The van der Waals surface area contributed by atoms with E-state index in [2.05, 4.69) is 56.1 Å². The summed E-state index contributed by atoms with van der Waals surface area (Å²) in [5.74, 6) is -0.840. The summed E-state index contributed by atoms with van der Waals surface area (Å²) in [5, 5.41) is 2.69. The van der Waals surface area contributed by atoms with E-state index in [1.807, 2.05) is 6.92 Å². The molecule has 0 atom stereocenters. The summed E-state index contributed by atoms with van der Waals surface area (Å²) in [6.45, 7) is 11.6. The summed E-state index contributed by atoms with van der Waals surface area (Å²) in [6.07, 6.45) is 3.92. The van der Waals surface area contributed by atoms with Crippen LogP contribution in [0.3, 0.4) is 0 Å². The van der Waals surface area contributed by atoms with Crippen LogP contribution in [0.5, 0.6) is 0 Å². The lowest BCUT2D eigenvalue weighted by atomic mass is 9.86. The van der Waals surface area contributed by atoms with Gasteiger partial charge in [-0.1, -0.05) is 6.08 Å². The molecule has 3 rings (SSSR count). The van der Waals surface area contributed by atoms with Crippen molar-refractivity contribution in [2.45, 2.75) is 40.2 Å². The second kappa shape index (κ2) is 6.60. The maximum atomic E-state index is 12.5. The number of likely N-dealkylation sites (N-methyl/N-ethyl adjacent to an activating group) is 2. The molecule has 1 N–H and O–H groups in total. The van der Waals surface area contributed by atoms with E-state index in [-0.39, 0.29) is 22.1 Å². The van der Waals surface area contributed by atoms with Crippen LogP contribution in [0, 0.1) is 6.92 Å². The lowest BCUT2D eigenvalue weighted by molar-refractivity contribution is -0.128. The highest BCUT2D eigenvalue weighted by atomic mass is 32.1. The van der Waals surface area contributed by atoms with Crippen molar-refractivity contribution in [3.8, 4) is 0 Å². The van der Waals surface area contributed by atoms with Gasteiger partial charge in [0.2, 0.25) is 0 Å². The van der Waals surface area contributed by atoms with Gasteiger partial charge in [0, 0.05) is 24.8 Å². The number of nitrogens with one attached hydrogen (secondary N) is 1. The Bertz CT molecular complexity index is 928. The van der Waals surface area contributed by atoms with Crippen LogP contribution in [0.25, 0.3) is 11.6 Å². The zero-order valence-electron chi connectivity index (χ0n) is 16.6. The number of hydrogen-bond acceptors (Lipinski definition) is 4. The van der Waals surface area contributed by atoms with Gasteiger partial charge in [-0.2, -0.15) is 0 Å². The number of benzene rings is 1. The van der Waals surface area contributed by atoms with Crippen LogP contribution in [0.2, 0.25) is 0 Å². The predicted octanol–water partition coefficient (Wildman–Crippen LogP) is 3.27. The van der Waals surface area contributed by atoms with E-state index in [4.69, 9.17) is 12.2 Å². The minimum atomic E-state index is -0.455. The number of nitrogens with zero attached hydrogens (tertiary/aromatic N) is 2. The van der Waals surface area contributed by atoms with Crippen molar-refractivity contribution < 1.29 is 9.59 Å². The molecule has 2 amide bonds. The highest BCUT2D eigenvalue weighted by Crippen LogP contribution is 2.40. The molecule has 5 nitrogen and oxygen atoms in total. The average Bonchev–Trinajstić information content (AvgIpc) is 2.57. The third-order valence-corrected chi connectivity index (χ3v) is 5.66. The van der Waals surface area contributed by atoms with Gasteiger partial charge in [-0.15, -0.1) is 0 Å². The number of amides is 2. The monoisotopic (exact) mass is 383 g/mol. The van der Waals surface area contributed by atoms with Crippen molar-refractivity contribution >= 4 is 46.5 Å². The van der Waals surface area contributed by atoms with Crippen LogP contribution in [-0.2, 0) is 9.59 Å². The van der Waals surface area contributed by atoms with E-state index in [1.165, 1.54) is 16.2 Å². The summed E-state index contributed by atoms with van der Waals surface area (Å²) >= 11 is 5.00. The van der Waals surface area contributed by atoms with Crippen molar-refractivity contribution in [1.29, 1.82) is 0 Å². The molecule has 2 aliphatic rings. The van der Waals surface area contributed by atoms with Gasteiger partial charge >= 0.3 is 0 Å². The Labute approximate surface area is 165 Å². The van der Waals surface area contributed by atoms with Gasteiger partial charge in [-0.05, 0) is 81.7 Å². The van der Waals surface area contributed by atoms with E-state index in [0.717, 1.165) is 23.2 Å². The second-order valence-electron chi connectivity index (χ2n) is 7.63. The first-order valence-corrected chi connectivity index (χ1v) is 9.44. The van der Waals surface area contributed by atoms with E-state index in [0.29, 0.717) is 0 Å². The van der Waals surface area contributed by atoms with Crippen molar-refractivity contribution in [3.05, 3.63) is 40.5 Å². The molecule has 0 radical (unpaired) electrons. The fourth-order valence-corrected chi connectivity index (χ4v) is 4.05. The van der Waals surface area contributed by atoms with Gasteiger partial charge in [0.25, 0.3) is 11.8 Å². The first kappa shape index (κ1) is 19.3. The smallest absolute Gasteiger partial charge is 0.265 e. The molecule has 0 aromatic heterocycles. The quantitative estimate of drug-likeness (QED) is 0.484. The Morgan fingerprint density at radius 2 is 1.89 bits per heavy atom. The van der Waals surface area contributed by atoms with Gasteiger partial charge in [-0.3, -0.25) is 19.8 Å². The minimum absolute atomic E-state index is 0.0596. The number of carbonyl (C=O) groups excluding carboxylic acids is 2. The number of fused-ring (bicyclic) bond motifs is 1. The van der Waals surface area contributed by atoms with Crippen molar-refractivity contribution in [3.63, 3.8) is 0 Å². The second-order valence-corrected chi connectivity index (χ2v) is 8.02. The summed E-state index contributed by atoms with van der Waals surface area (Å²) < 4.78 is 0. The molecule has 0 bridgehead atoms. The molecule has 0 saturated carbocycles. The maximum absolute atomic E-state index is 12.5. The van der Waals surface area contributed by atoms with Crippen LogP contribution in [0.1, 0.15) is 44.4 Å². The van der Waals surface area contributed by atoms with Gasteiger partial charge < -0.3 is 4.90 Å². The topological polar surface area (TPSA) is 52.7 Å². The highest BCUT2D eigenvalue weighted by molar-refractivity contribution is 7.80. The highest BCUT2D eigenvalue weighted by Gasteiger charge is 2.32. The molecule has 2 heterocycles. The van der Waals surface area contributed by atoms with Crippen LogP contribution in [0.4, 0.5) is 5.69 Å². The number of rotatable bonds is 2. The van der Waals surface area contributed by atoms with Gasteiger partial charge in [0.1, 0.15) is 5.57 Å². The Morgan fingerprint density at radius 3 is 2.52 bits per heavy atom. The zero-order chi connectivity index (χ0) is 20.1. The number of carbonyl (C=O) groups is 2. The van der Waals surface area contributed by atoms with Crippen LogP contribution < -0.4 is 10.2 Å². The molecule has 1 aromatic rings. The summed E-state index contributed by atoms with van der Waals surface area (Å²) in [4.78, 5) is 28.4. The summed E-state index contributed by atoms with van der Waals surface area (Å²) in [7, 11) is 1.56. The zero-order valence-corrected chi connectivity index (χ0v) is 17.5. The first-order valence-electron chi connectivity index (χ1n) is 9.04. The SMILES string of the molecule is CCN1c2cc(C)c(/C=C3/C(=O)NC(=S)N(C)C3=O)cc2C(C)=CC1(C)C. The minimum Gasteiger partial charge on any atom is -0.363 e. The predicted molar refractivity (Wildman–Crippen MR) is 113 cm³/mol. The Kier molecular flexibility index (Phi) is 4.72. The Hall–Kier alpha value is -2.47. The molecule has 1 saturated heterocycles. The third kappa shape index (κ3) is 3.18. The lowest BCUT2D eigenvalue weighted by Gasteiger charge is -2.43. The molecule has 6 heteroatoms. The van der Waals surface area contributed by atoms with E-state index < -0.39 is 5.91 Å². The lowest BCUT2D eigenvalue weighted by Crippen LogP contribution is -2.52. The van der Waals surface area contributed by atoms with Crippen molar-refractivity contribution in [2.75, 3.05) is 18.5 Å². The van der Waals surface area contributed by atoms with E-state index >= 15 is 0 Å². The standard InChI is InChI=1S/C21H25N3O2S/c1-7-24-17-8-12(2)14(9-15(17)13(3)11-21(24,4)5)10-16-18(25)22-20(27)23(6)19(16)26/h8-11H,7H2,1-6H3,(H,22,25,27)/b16-10-. The maximum Gasteiger partial charge on any atom is 0.265 e. The first-order chi connectivity index (χ1) is 12.6. The average molecular weight is 384 g/mol. The third-order valence-electron chi connectivity index (χ3n) is 5.29. The van der Waals surface area contributed by atoms with E-state index in [9.17, 15) is 9.59 Å². The normalized spacial score (nSPS) is 20.6. The molecule has 1 fully saturated rings. The van der Waals surface area contributed by atoms with Crippen molar-refractivity contribution in [2.24, 2.45) is 0 Å². The number of allylic oxidation sites excluding steroid dienone is 1. The Balaban J connectivity index is 2.13. The fraction of sp³-hybridized carbons (Fsp3) is 0.381. The summed E-state index contributed by atoms with van der Waals surface area (Å²) in [6, 6.07) is 4.21. The molecule has 0 spiro atoms. The van der Waals surface area contributed by atoms with Gasteiger partial charge in [0.15, 0.2) is 5.11 Å². The number of thiocarbonyl (C=S) groups is 1. The molecule has 1 aromatic carbocycles. The molecule has 2 aliphatic heterocycles. The van der Waals surface area contributed by atoms with Crippen LogP contribution in [-0.4, -0.2) is 41.0 Å². The largest absolute Gasteiger partial charge is 0.363 e. The molecular formula is C21H25N3O2S. The van der Waals surface area contributed by atoms with Crippen LogP contribution in [0.15, 0.2) is 23.8 Å². The number of aryl methyl sites for hydroxylation is 1. The molecule has 0 aliphatic carbocycles. The molecule has 0 unspecified atom stereocenters. The van der Waals surface area contributed by atoms with Crippen LogP contribution >= 0.6 is 12.2 Å². The number of anilines is 1. The van der Waals surface area contributed by atoms with Gasteiger partial charge in [0.05, 0.1) is 5.54 Å². The van der Waals surface area contributed by atoms with Crippen molar-refractivity contribution in [1.82, 2.24) is 10.2 Å².